The Morgan fingerprint density at radius 3 is 2.53 bits per heavy atom. The molecule has 1 rings (SSSR count). The average Bonchev–Trinajstić information content (AvgIpc) is 2.36. The second kappa shape index (κ2) is 6.56. The summed E-state index contributed by atoms with van der Waals surface area (Å²) in [6.07, 6.45) is 5.73. The van der Waals surface area contributed by atoms with Gasteiger partial charge in [0.25, 0.3) is 0 Å². The van der Waals surface area contributed by atoms with E-state index in [4.69, 9.17) is 0 Å². The quantitative estimate of drug-likeness (QED) is 0.682. The van der Waals surface area contributed by atoms with Crippen molar-refractivity contribution in [2.24, 2.45) is 17.3 Å². The van der Waals surface area contributed by atoms with E-state index < -0.39 is 0 Å². The molecule has 1 aliphatic rings. The van der Waals surface area contributed by atoms with E-state index in [-0.39, 0.29) is 5.41 Å². The molecule has 0 unspecified atom stereocenters. The lowest BCUT2D eigenvalue weighted by Crippen LogP contribution is -2.35. The van der Waals surface area contributed by atoms with Crippen LogP contribution in [0.5, 0.6) is 0 Å². The second-order valence-electron chi connectivity index (χ2n) is 6.77. The van der Waals surface area contributed by atoms with Crippen LogP contribution in [0.25, 0.3) is 0 Å². The predicted molar refractivity (Wildman–Crippen MR) is 86.2 cm³/mol. The molecule has 1 fully saturated rings. The molecule has 0 heterocycles. The summed E-state index contributed by atoms with van der Waals surface area (Å²) in [5.41, 5.74) is 2.86. The molecule has 0 radical (unpaired) electrons. The minimum atomic E-state index is 0.216. The molecule has 1 N–H and O–H groups in total. The van der Waals surface area contributed by atoms with Gasteiger partial charge < -0.3 is 5.32 Å². The summed E-state index contributed by atoms with van der Waals surface area (Å²) in [7, 11) is 0. The van der Waals surface area contributed by atoms with E-state index in [1.165, 1.54) is 30.4 Å². The van der Waals surface area contributed by atoms with Gasteiger partial charge in [-0.15, -0.1) is 6.58 Å². The van der Waals surface area contributed by atoms with Crippen LogP contribution in [0.3, 0.4) is 0 Å². The number of hydrogen-bond donors (Lipinski definition) is 1. The lowest BCUT2D eigenvalue weighted by atomic mass is 9.61. The van der Waals surface area contributed by atoms with Gasteiger partial charge in [0.1, 0.15) is 0 Å². The van der Waals surface area contributed by atoms with Crippen LogP contribution in [-0.2, 0) is 0 Å². The van der Waals surface area contributed by atoms with Gasteiger partial charge in [-0.3, -0.25) is 0 Å². The molecule has 1 nitrogen and oxygen atoms in total. The molecular formula is C18H31N. The molecule has 0 aromatic heterocycles. The minimum Gasteiger partial charge on any atom is -0.311 e. The first-order chi connectivity index (χ1) is 8.80. The highest BCUT2D eigenvalue weighted by atomic mass is 14.9. The second-order valence-corrected chi connectivity index (χ2v) is 6.77. The highest BCUT2D eigenvalue weighted by Crippen LogP contribution is 2.48. The van der Waals surface area contributed by atoms with Crippen molar-refractivity contribution in [1.82, 2.24) is 5.32 Å². The van der Waals surface area contributed by atoms with Gasteiger partial charge in [-0.2, -0.15) is 0 Å². The maximum absolute atomic E-state index is 4.30. The number of rotatable bonds is 6. The highest BCUT2D eigenvalue weighted by molar-refractivity contribution is 5.16. The third-order valence-electron chi connectivity index (χ3n) is 4.72. The number of nitrogens with one attached hydrogen (secondary N) is 1. The van der Waals surface area contributed by atoms with Gasteiger partial charge in [0.05, 0.1) is 0 Å². The standard InChI is InChI=1S/C18H31N/c1-8-18(7)10-9-16(11-17(18)13(2)3)15(6)12-19-14(4)5/h8,14,16-17,19H,1-2,6,9-12H2,3-5,7H3/t16-,17+,18-/m1/s1. The van der Waals surface area contributed by atoms with Crippen molar-refractivity contribution in [3.05, 3.63) is 37.0 Å². The molecule has 1 saturated carbocycles. The summed E-state index contributed by atoms with van der Waals surface area (Å²) in [5.74, 6) is 1.17. The summed E-state index contributed by atoms with van der Waals surface area (Å²) in [4.78, 5) is 0. The fraction of sp³-hybridized carbons (Fsp3) is 0.667. The van der Waals surface area contributed by atoms with Crippen LogP contribution in [0, 0.1) is 17.3 Å². The van der Waals surface area contributed by atoms with Crippen LogP contribution in [-0.4, -0.2) is 12.6 Å². The minimum absolute atomic E-state index is 0.216. The van der Waals surface area contributed by atoms with Crippen molar-refractivity contribution in [3.8, 4) is 0 Å². The van der Waals surface area contributed by atoms with Gasteiger partial charge in [0.15, 0.2) is 0 Å². The maximum atomic E-state index is 4.30. The zero-order valence-electron chi connectivity index (χ0n) is 13.3. The molecule has 0 amide bonds. The Kier molecular flexibility index (Phi) is 5.61. The lowest BCUT2D eigenvalue weighted by Gasteiger charge is -2.44. The van der Waals surface area contributed by atoms with Crippen LogP contribution in [0.4, 0.5) is 0 Å². The molecule has 1 aliphatic carbocycles. The van der Waals surface area contributed by atoms with Gasteiger partial charge in [-0.25, -0.2) is 0 Å². The Labute approximate surface area is 119 Å². The third-order valence-corrected chi connectivity index (χ3v) is 4.72. The van der Waals surface area contributed by atoms with Crippen LogP contribution >= 0.6 is 0 Å². The molecule has 0 saturated heterocycles. The van der Waals surface area contributed by atoms with E-state index in [1.54, 1.807) is 0 Å². The van der Waals surface area contributed by atoms with Gasteiger partial charge in [-0.05, 0) is 43.4 Å². The van der Waals surface area contributed by atoms with Crippen molar-refractivity contribution in [2.75, 3.05) is 6.54 Å². The summed E-state index contributed by atoms with van der Waals surface area (Å²) >= 11 is 0. The number of hydrogen-bond acceptors (Lipinski definition) is 1. The van der Waals surface area contributed by atoms with Crippen LogP contribution in [0.1, 0.15) is 47.0 Å². The average molecular weight is 261 g/mol. The van der Waals surface area contributed by atoms with E-state index in [2.05, 4.69) is 58.8 Å². The summed E-state index contributed by atoms with van der Waals surface area (Å²) in [6.45, 7) is 22.3. The predicted octanol–water partition coefficient (Wildman–Crippen LogP) is 4.73. The molecule has 0 aliphatic heterocycles. The summed E-state index contributed by atoms with van der Waals surface area (Å²) < 4.78 is 0. The van der Waals surface area contributed by atoms with E-state index in [9.17, 15) is 0 Å². The third kappa shape index (κ3) is 4.07. The van der Waals surface area contributed by atoms with E-state index >= 15 is 0 Å². The van der Waals surface area contributed by atoms with E-state index in [0.29, 0.717) is 17.9 Å². The topological polar surface area (TPSA) is 12.0 Å². The molecule has 108 valence electrons. The van der Waals surface area contributed by atoms with Crippen molar-refractivity contribution < 1.29 is 0 Å². The van der Waals surface area contributed by atoms with Crippen molar-refractivity contribution >= 4 is 0 Å². The van der Waals surface area contributed by atoms with Crippen LogP contribution in [0.15, 0.2) is 37.0 Å². The molecule has 3 atom stereocenters. The van der Waals surface area contributed by atoms with Gasteiger partial charge >= 0.3 is 0 Å². The van der Waals surface area contributed by atoms with Crippen LogP contribution < -0.4 is 5.32 Å². The Hall–Kier alpha value is -0.820. The zero-order chi connectivity index (χ0) is 14.6. The number of allylic oxidation sites excluding steroid dienone is 2. The first-order valence-electron chi connectivity index (χ1n) is 7.50. The van der Waals surface area contributed by atoms with Gasteiger partial charge in [-0.1, -0.05) is 51.2 Å². The zero-order valence-corrected chi connectivity index (χ0v) is 13.3. The van der Waals surface area contributed by atoms with Crippen molar-refractivity contribution in [1.29, 1.82) is 0 Å². The molecule has 0 bridgehead atoms. The Balaban J connectivity index is 2.69. The summed E-state index contributed by atoms with van der Waals surface area (Å²) in [6, 6.07) is 0.524. The van der Waals surface area contributed by atoms with Gasteiger partial charge in [0, 0.05) is 12.6 Å². The SMILES string of the molecule is C=C[C@]1(C)CC[C@@H](C(=C)CNC(C)C)C[C@H]1C(=C)C. The molecule has 0 aromatic carbocycles. The molecule has 1 heteroatoms. The Morgan fingerprint density at radius 1 is 1.42 bits per heavy atom. The smallest absolute Gasteiger partial charge is 0.0167 e. The van der Waals surface area contributed by atoms with Crippen LogP contribution in [0.2, 0.25) is 0 Å². The monoisotopic (exact) mass is 261 g/mol. The van der Waals surface area contributed by atoms with E-state index in [1.807, 2.05) is 0 Å². The van der Waals surface area contributed by atoms with Gasteiger partial charge in [0.2, 0.25) is 0 Å². The van der Waals surface area contributed by atoms with E-state index in [0.717, 1.165) is 6.54 Å². The first-order valence-corrected chi connectivity index (χ1v) is 7.50. The molecule has 0 aromatic rings. The summed E-state index contributed by atoms with van der Waals surface area (Å²) in [5, 5.41) is 3.48. The largest absolute Gasteiger partial charge is 0.311 e. The fourth-order valence-electron chi connectivity index (χ4n) is 3.19. The molecule has 0 spiro atoms. The lowest BCUT2D eigenvalue weighted by molar-refractivity contribution is 0.168. The Morgan fingerprint density at radius 2 is 2.05 bits per heavy atom. The fourth-order valence-corrected chi connectivity index (χ4v) is 3.19. The van der Waals surface area contributed by atoms with Crippen molar-refractivity contribution in [3.63, 3.8) is 0 Å². The van der Waals surface area contributed by atoms with Crippen molar-refractivity contribution in [2.45, 2.75) is 53.0 Å². The Bertz CT molecular complexity index is 353. The maximum Gasteiger partial charge on any atom is 0.0167 e. The highest BCUT2D eigenvalue weighted by Gasteiger charge is 2.38. The normalized spacial score (nSPS) is 31.2. The molecule has 19 heavy (non-hydrogen) atoms. The molecular weight excluding hydrogens is 230 g/mol. The first kappa shape index (κ1) is 16.2.